The summed E-state index contributed by atoms with van der Waals surface area (Å²) >= 11 is 0. The second kappa shape index (κ2) is 11.7. The summed E-state index contributed by atoms with van der Waals surface area (Å²) in [5.74, 6) is 0.491. The minimum Gasteiger partial charge on any atom is -0.494 e. The van der Waals surface area contributed by atoms with Crippen LogP contribution in [0.25, 0.3) is 0 Å². The number of likely N-dealkylation sites (tertiary alicyclic amines) is 1. The van der Waals surface area contributed by atoms with Gasteiger partial charge in [-0.15, -0.1) is 0 Å². The van der Waals surface area contributed by atoms with Crippen molar-refractivity contribution in [1.29, 1.82) is 0 Å². The van der Waals surface area contributed by atoms with E-state index >= 15 is 0 Å². The Labute approximate surface area is 168 Å². The Morgan fingerprint density at radius 2 is 1.86 bits per heavy atom. The third kappa shape index (κ3) is 6.23. The molecule has 0 spiro atoms. The molecule has 6 heteroatoms. The molecule has 0 aliphatic carbocycles. The number of nitrogens with zero attached hydrogens (tertiary/aromatic N) is 1. The van der Waals surface area contributed by atoms with Gasteiger partial charge in [0.25, 0.3) is 5.91 Å². The van der Waals surface area contributed by atoms with E-state index in [1.165, 1.54) is 0 Å². The number of benzene rings is 1. The van der Waals surface area contributed by atoms with Crippen molar-refractivity contribution in [2.75, 3.05) is 32.9 Å². The fourth-order valence-corrected chi connectivity index (χ4v) is 3.31. The smallest absolute Gasteiger partial charge is 0.309 e. The average molecular weight is 392 g/mol. The lowest BCUT2D eigenvalue weighted by Gasteiger charge is -2.31. The highest BCUT2D eigenvalue weighted by Gasteiger charge is 2.28. The molecule has 0 saturated carbocycles. The van der Waals surface area contributed by atoms with Gasteiger partial charge in [0.2, 0.25) is 0 Å². The van der Waals surface area contributed by atoms with E-state index in [0.717, 1.165) is 24.2 Å². The molecule has 1 aromatic rings. The zero-order valence-electron chi connectivity index (χ0n) is 17.4. The lowest BCUT2D eigenvalue weighted by atomic mass is 9.96. The molecule has 0 aromatic heterocycles. The number of carbonyl (C=O) groups excluding carboxylic acids is 2. The zero-order chi connectivity index (χ0) is 20.4. The normalized spacial score (nSPS) is 14.8. The van der Waals surface area contributed by atoms with Crippen molar-refractivity contribution in [3.05, 3.63) is 29.3 Å². The van der Waals surface area contributed by atoms with Gasteiger partial charge in [-0.2, -0.15) is 0 Å². The van der Waals surface area contributed by atoms with Crippen LogP contribution in [0.15, 0.2) is 18.2 Å². The van der Waals surface area contributed by atoms with Crippen molar-refractivity contribution in [2.45, 2.75) is 53.1 Å². The van der Waals surface area contributed by atoms with Crippen LogP contribution in [0.3, 0.4) is 0 Å². The van der Waals surface area contributed by atoms with E-state index in [-0.39, 0.29) is 17.8 Å². The largest absolute Gasteiger partial charge is 0.494 e. The number of hydrogen-bond acceptors (Lipinski definition) is 5. The van der Waals surface area contributed by atoms with Gasteiger partial charge in [-0.1, -0.05) is 13.3 Å². The Kier molecular flexibility index (Phi) is 9.28. The summed E-state index contributed by atoms with van der Waals surface area (Å²) in [4.78, 5) is 26.6. The Morgan fingerprint density at radius 3 is 2.50 bits per heavy atom. The summed E-state index contributed by atoms with van der Waals surface area (Å²) in [5, 5.41) is 0. The van der Waals surface area contributed by atoms with E-state index in [4.69, 9.17) is 14.2 Å². The number of ether oxygens (including phenoxy) is 3. The van der Waals surface area contributed by atoms with Crippen LogP contribution in [0, 0.1) is 5.92 Å². The summed E-state index contributed by atoms with van der Waals surface area (Å²) < 4.78 is 16.5. The van der Waals surface area contributed by atoms with Gasteiger partial charge >= 0.3 is 5.97 Å². The maximum atomic E-state index is 12.9. The van der Waals surface area contributed by atoms with Gasteiger partial charge in [0.05, 0.1) is 25.7 Å². The second-order valence-corrected chi connectivity index (χ2v) is 6.98. The Hall–Kier alpha value is -2.08. The van der Waals surface area contributed by atoms with Crippen LogP contribution < -0.4 is 4.74 Å². The molecular formula is C22H33NO5. The summed E-state index contributed by atoms with van der Waals surface area (Å²) in [5.41, 5.74) is 1.53. The molecule has 2 rings (SSSR count). The van der Waals surface area contributed by atoms with Crippen LogP contribution >= 0.6 is 0 Å². The van der Waals surface area contributed by atoms with Crippen molar-refractivity contribution < 1.29 is 23.8 Å². The van der Waals surface area contributed by atoms with Gasteiger partial charge in [-0.3, -0.25) is 9.59 Å². The minimum absolute atomic E-state index is 0.0137. The van der Waals surface area contributed by atoms with Gasteiger partial charge in [0.1, 0.15) is 5.75 Å². The number of piperidine rings is 1. The number of carbonyl (C=O) groups is 2. The number of amides is 1. The van der Waals surface area contributed by atoms with Crippen LogP contribution in [0.5, 0.6) is 5.75 Å². The molecule has 1 aliphatic rings. The van der Waals surface area contributed by atoms with Crippen molar-refractivity contribution in [2.24, 2.45) is 5.92 Å². The molecule has 0 atom stereocenters. The second-order valence-electron chi connectivity index (χ2n) is 6.98. The molecule has 1 saturated heterocycles. The van der Waals surface area contributed by atoms with Crippen molar-refractivity contribution in [3.63, 3.8) is 0 Å². The monoisotopic (exact) mass is 391 g/mol. The third-order valence-corrected chi connectivity index (χ3v) is 4.91. The maximum absolute atomic E-state index is 12.9. The summed E-state index contributed by atoms with van der Waals surface area (Å²) in [6.45, 7) is 9.10. The quantitative estimate of drug-likeness (QED) is 0.448. The first-order valence-corrected chi connectivity index (χ1v) is 10.4. The summed E-state index contributed by atoms with van der Waals surface area (Å²) in [6, 6.07) is 5.53. The number of hydrogen-bond donors (Lipinski definition) is 0. The van der Waals surface area contributed by atoms with E-state index in [0.29, 0.717) is 57.9 Å². The molecule has 1 amide bonds. The van der Waals surface area contributed by atoms with Crippen molar-refractivity contribution >= 4 is 11.9 Å². The van der Waals surface area contributed by atoms with Gasteiger partial charge in [0, 0.05) is 30.8 Å². The van der Waals surface area contributed by atoms with Gasteiger partial charge < -0.3 is 19.1 Å². The highest BCUT2D eigenvalue weighted by molar-refractivity contribution is 5.94. The first kappa shape index (κ1) is 22.2. The van der Waals surface area contributed by atoms with Gasteiger partial charge in [-0.05, 0) is 51.3 Å². The van der Waals surface area contributed by atoms with Crippen LogP contribution in [0.4, 0.5) is 0 Å². The zero-order valence-corrected chi connectivity index (χ0v) is 17.4. The third-order valence-electron chi connectivity index (χ3n) is 4.91. The van der Waals surface area contributed by atoms with E-state index in [1.807, 2.05) is 30.9 Å². The Balaban J connectivity index is 2.01. The van der Waals surface area contributed by atoms with Crippen LogP contribution in [0.2, 0.25) is 0 Å². The highest BCUT2D eigenvalue weighted by Crippen LogP contribution is 2.25. The molecule has 1 heterocycles. The van der Waals surface area contributed by atoms with Gasteiger partial charge in [0.15, 0.2) is 0 Å². The first-order valence-electron chi connectivity index (χ1n) is 10.4. The molecule has 1 fully saturated rings. The molecule has 0 unspecified atom stereocenters. The average Bonchev–Trinajstić information content (AvgIpc) is 2.72. The van der Waals surface area contributed by atoms with E-state index in [2.05, 4.69) is 6.92 Å². The number of unbranched alkanes of at least 4 members (excludes halogenated alkanes) is 1. The molecule has 156 valence electrons. The molecule has 1 aromatic carbocycles. The Morgan fingerprint density at radius 1 is 1.11 bits per heavy atom. The fraction of sp³-hybridized carbons (Fsp3) is 0.636. The molecule has 6 nitrogen and oxygen atoms in total. The highest BCUT2D eigenvalue weighted by atomic mass is 16.5. The lowest BCUT2D eigenvalue weighted by Crippen LogP contribution is -2.40. The van der Waals surface area contributed by atoms with Crippen molar-refractivity contribution in [1.82, 2.24) is 4.90 Å². The summed E-state index contributed by atoms with van der Waals surface area (Å²) in [6.07, 6.45) is 3.39. The van der Waals surface area contributed by atoms with Gasteiger partial charge in [-0.25, -0.2) is 0 Å². The van der Waals surface area contributed by atoms with E-state index in [1.54, 1.807) is 6.07 Å². The molecule has 1 aliphatic heterocycles. The maximum Gasteiger partial charge on any atom is 0.309 e. The van der Waals surface area contributed by atoms with E-state index in [9.17, 15) is 9.59 Å². The lowest BCUT2D eigenvalue weighted by molar-refractivity contribution is -0.149. The molecule has 0 N–H and O–H groups in total. The fourth-order valence-electron chi connectivity index (χ4n) is 3.31. The van der Waals surface area contributed by atoms with Crippen molar-refractivity contribution in [3.8, 4) is 5.75 Å². The van der Waals surface area contributed by atoms with Crippen LogP contribution in [-0.2, 0) is 20.9 Å². The molecule has 0 bridgehead atoms. The number of rotatable bonds is 10. The predicted octanol–water partition coefficient (Wildman–Crippen LogP) is 3.82. The molecule has 0 radical (unpaired) electrons. The topological polar surface area (TPSA) is 65.1 Å². The Bertz CT molecular complexity index is 638. The minimum atomic E-state index is -0.151. The van der Waals surface area contributed by atoms with Crippen LogP contribution in [-0.4, -0.2) is 49.7 Å². The molecular weight excluding hydrogens is 358 g/mol. The summed E-state index contributed by atoms with van der Waals surface area (Å²) in [7, 11) is 0. The number of esters is 1. The predicted molar refractivity (Wildman–Crippen MR) is 107 cm³/mol. The standard InChI is InChI=1S/C22H33NO5/c1-4-7-14-26-16-19-15-18(8-9-20(19)27-5-2)21(24)23-12-10-17(11-13-23)22(25)28-6-3/h8-9,15,17H,4-7,10-14,16H2,1-3H3. The van der Waals surface area contributed by atoms with E-state index < -0.39 is 0 Å². The first-order chi connectivity index (χ1) is 13.6. The SMILES string of the molecule is CCCCOCc1cc(C(=O)N2CCC(C(=O)OCC)CC2)ccc1OCC. The van der Waals surface area contributed by atoms with Crippen LogP contribution in [0.1, 0.15) is 62.4 Å². The molecule has 28 heavy (non-hydrogen) atoms.